The first-order valence-corrected chi connectivity index (χ1v) is 10.4. The highest BCUT2D eigenvalue weighted by atomic mass is 16.5. The molecule has 2 aliphatic rings. The van der Waals surface area contributed by atoms with Crippen LogP contribution in [-0.4, -0.2) is 25.2 Å². The fourth-order valence-corrected chi connectivity index (χ4v) is 5.45. The van der Waals surface area contributed by atoms with Crippen LogP contribution in [0.2, 0.25) is 0 Å². The maximum atomic E-state index is 12.4. The third-order valence-corrected chi connectivity index (χ3v) is 7.28. The zero-order chi connectivity index (χ0) is 20.4. The minimum Gasteiger partial charge on any atom is -0.462 e. The molecule has 2 aromatic carbocycles. The molecule has 152 valence electrons. The number of fused-ring (bicyclic) bond motifs is 2. The van der Waals surface area contributed by atoms with Crippen LogP contribution in [0.25, 0.3) is 0 Å². The van der Waals surface area contributed by atoms with Crippen LogP contribution in [0, 0.1) is 29.1 Å². The average molecular weight is 392 g/mol. The number of ether oxygens (including phenoxy) is 2. The Morgan fingerprint density at radius 2 is 1.41 bits per heavy atom. The van der Waals surface area contributed by atoms with Crippen LogP contribution in [-0.2, 0) is 9.47 Å². The van der Waals surface area contributed by atoms with Gasteiger partial charge in [0.2, 0.25) is 0 Å². The summed E-state index contributed by atoms with van der Waals surface area (Å²) in [6.45, 7) is 5.42. The molecule has 4 nitrogen and oxygen atoms in total. The van der Waals surface area contributed by atoms with Crippen molar-refractivity contribution in [3.63, 3.8) is 0 Å². The molecule has 2 aliphatic carbocycles. The number of carbonyl (C=O) groups is 2. The first kappa shape index (κ1) is 19.7. The number of carbonyl (C=O) groups excluding carboxylic acids is 2. The van der Waals surface area contributed by atoms with Gasteiger partial charge in [-0.25, -0.2) is 9.59 Å². The Hall–Kier alpha value is -2.62. The van der Waals surface area contributed by atoms with Crippen molar-refractivity contribution >= 4 is 11.9 Å². The summed E-state index contributed by atoms with van der Waals surface area (Å²) in [4.78, 5) is 24.7. The molecule has 5 atom stereocenters. The molecule has 0 N–H and O–H groups in total. The molecule has 2 aromatic rings. The zero-order valence-electron chi connectivity index (χ0n) is 17.0. The van der Waals surface area contributed by atoms with Crippen molar-refractivity contribution in [1.29, 1.82) is 0 Å². The number of hydrogen-bond donors (Lipinski definition) is 0. The van der Waals surface area contributed by atoms with E-state index in [9.17, 15) is 9.59 Å². The molecule has 29 heavy (non-hydrogen) atoms. The van der Waals surface area contributed by atoms with E-state index in [0.717, 1.165) is 12.8 Å². The summed E-state index contributed by atoms with van der Waals surface area (Å²) < 4.78 is 11.4. The van der Waals surface area contributed by atoms with Crippen LogP contribution in [0.1, 0.15) is 47.4 Å². The van der Waals surface area contributed by atoms with Crippen LogP contribution >= 0.6 is 0 Å². The number of benzene rings is 2. The molecule has 2 bridgehead atoms. The molecule has 0 radical (unpaired) electrons. The molecular formula is C25H28O4. The van der Waals surface area contributed by atoms with Crippen molar-refractivity contribution in [1.82, 2.24) is 0 Å². The van der Waals surface area contributed by atoms with Crippen LogP contribution in [0.15, 0.2) is 60.7 Å². The second-order valence-corrected chi connectivity index (χ2v) is 8.75. The van der Waals surface area contributed by atoms with Gasteiger partial charge >= 0.3 is 11.9 Å². The van der Waals surface area contributed by atoms with E-state index in [1.165, 1.54) is 0 Å². The average Bonchev–Trinajstić information content (AvgIpc) is 3.26. The second kappa shape index (κ2) is 8.02. The van der Waals surface area contributed by atoms with Crippen LogP contribution < -0.4 is 0 Å². The van der Waals surface area contributed by atoms with Crippen molar-refractivity contribution in [2.45, 2.75) is 26.7 Å². The van der Waals surface area contributed by atoms with Crippen LogP contribution in [0.4, 0.5) is 0 Å². The predicted octanol–water partition coefficient (Wildman–Crippen LogP) is 5.00. The van der Waals surface area contributed by atoms with E-state index in [4.69, 9.17) is 9.47 Å². The van der Waals surface area contributed by atoms with Gasteiger partial charge in [0, 0.05) is 5.41 Å². The lowest BCUT2D eigenvalue weighted by atomic mass is 9.69. The quantitative estimate of drug-likeness (QED) is 0.649. The normalized spacial score (nSPS) is 30.1. The van der Waals surface area contributed by atoms with E-state index in [-0.39, 0.29) is 17.4 Å². The number of esters is 2. The van der Waals surface area contributed by atoms with Crippen molar-refractivity contribution < 1.29 is 19.1 Å². The summed E-state index contributed by atoms with van der Waals surface area (Å²) >= 11 is 0. The van der Waals surface area contributed by atoms with Crippen molar-refractivity contribution in [3.8, 4) is 0 Å². The van der Waals surface area contributed by atoms with E-state index in [1.54, 1.807) is 24.3 Å². The summed E-state index contributed by atoms with van der Waals surface area (Å²) in [6.07, 6.45) is 1.97. The Morgan fingerprint density at radius 1 is 0.862 bits per heavy atom. The predicted molar refractivity (Wildman–Crippen MR) is 110 cm³/mol. The molecule has 0 aliphatic heterocycles. The standard InChI is InChI=1S/C25H28O4/c1-17-18(2)25(16-29-24(27)20-11-7-4-8-12-20)13-21(22(17)14-25)15-28-23(26)19-9-5-3-6-10-19/h3-12,17-18,21-22H,13-16H2,1-2H3. The molecule has 4 rings (SSSR count). The first-order valence-electron chi connectivity index (χ1n) is 10.4. The molecule has 4 heteroatoms. The minimum atomic E-state index is -0.265. The highest BCUT2D eigenvalue weighted by molar-refractivity contribution is 5.89. The molecule has 0 aromatic heterocycles. The summed E-state index contributed by atoms with van der Waals surface area (Å²) in [5, 5.41) is 0. The maximum absolute atomic E-state index is 12.4. The van der Waals surface area contributed by atoms with Gasteiger partial charge in [-0.2, -0.15) is 0 Å². The molecule has 5 unspecified atom stereocenters. The fraction of sp³-hybridized carbons (Fsp3) is 0.440. The van der Waals surface area contributed by atoms with E-state index in [1.807, 2.05) is 36.4 Å². The van der Waals surface area contributed by atoms with E-state index in [0.29, 0.717) is 48.0 Å². The van der Waals surface area contributed by atoms with Gasteiger partial charge in [0.25, 0.3) is 0 Å². The Bertz CT molecular complexity index is 863. The number of rotatable bonds is 6. The van der Waals surface area contributed by atoms with Gasteiger partial charge in [-0.3, -0.25) is 0 Å². The monoisotopic (exact) mass is 392 g/mol. The summed E-state index contributed by atoms with van der Waals surface area (Å²) in [5.41, 5.74) is 1.16. The third kappa shape index (κ3) is 3.81. The van der Waals surface area contributed by atoms with Gasteiger partial charge in [0.1, 0.15) is 0 Å². The lowest BCUT2D eigenvalue weighted by Crippen LogP contribution is -2.37. The Kier molecular flexibility index (Phi) is 5.44. The second-order valence-electron chi connectivity index (χ2n) is 8.75. The van der Waals surface area contributed by atoms with Crippen LogP contribution in [0.5, 0.6) is 0 Å². The van der Waals surface area contributed by atoms with Gasteiger partial charge in [-0.05, 0) is 60.8 Å². The SMILES string of the molecule is CC1C2CC(COC(=O)c3ccccc3)(CC2COC(=O)c2ccccc2)C1C. The lowest BCUT2D eigenvalue weighted by Gasteiger charge is -2.38. The van der Waals surface area contributed by atoms with Crippen molar-refractivity contribution in [2.24, 2.45) is 29.1 Å². The molecule has 0 amide bonds. The van der Waals surface area contributed by atoms with Gasteiger partial charge in [0.15, 0.2) is 0 Å². The smallest absolute Gasteiger partial charge is 0.338 e. The molecule has 0 saturated heterocycles. The van der Waals surface area contributed by atoms with Crippen molar-refractivity contribution in [3.05, 3.63) is 71.8 Å². The maximum Gasteiger partial charge on any atom is 0.338 e. The zero-order valence-corrected chi connectivity index (χ0v) is 17.0. The van der Waals surface area contributed by atoms with Gasteiger partial charge in [-0.15, -0.1) is 0 Å². The largest absolute Gasteiger partial charge is 0.462 e. The molecular weight excluding hydrogens is 364 g/mol. The van der Waals surface area contributed by atoms with Crippen LogP contribution in [0.3, 0.4) is 0 Å². The van der Waals surface area contributed by atoms with E-state index in [2.05, 4.69) is 13.8 Å². The Labute approximate surface area is 172 Å². The number of hydrogen-bond acceptors (Lipinski definition) is 4. The Balaban J connectivity index is 1.38. The highest BCUT2D eigenvalue weighted by Crippen LogP contribution is 2.62. The highest BCUT2D eigenvalue weighted by Gasteiger charge is 2.59. The lowest BCUT2D eigenvalue weighted by molar-refractivity contribution is -0.00209. The Morgan fingerprint density at radius 3 is 2.00 bits per heavy atom. The molecule has 0 spiro atoms. The van der Waals surface area contributed by atoms with E-state index >= 15 is 0 Å². The van der Waals surface area contributed by atoms with E-state index < -0.39 is 0 Å². The molecule has 0 heterocycles. The van der Waals surface area contributed by atoms with Gasteiger partial charge in [-0.1, -0.05) is 50.2 Å². The molecule has 2 saturated carbocycles. The third-order valence-electron chi connectivity index (χ3n) is 7.28. The molecule has 2 fully saturated rings. The van der Waals surface area contributed by atoms with Crippen molar-refractivity contribution in [2.75, 3.05) is 13.2 Å². The summed E-state index contributed by atoms with van der Waals surface area (Å²) in [7, 11) is 0. The minimum absolute atomic E-state index is 0.0155. The topological polar surface area (TPSA) is 52.6 Å². The first-order chi connectivity index (χ1) is 14.0. The summed E-state index contributed by atoms with van der Waals surface area (Å²) in [6, 6.07) is 18.3. The fourth-order valence-electron chi connectivity index (χ4n) is 5.45. The van der Waals surface area contributed by atoms with Gasteiger partial charge in [0.05, 0.1) is 24.3 Å². The van der Waals surface area contributed by atoms with Gasteiger partial charge < -0.3 is 9.47 Å². The summed E-state index contributed by atoms with van der Waals surface area (Å²) in [5.74, 6) is 1.31.